The van der Waals surface area contributed by atoms with Crippen LogP contribution in [0.5, 0.6) is 11.5 Å². The molecule has 0 saturated heterocycles. The second-order valence-electron chi connectivity index (χ2n) is 8.76. The molecule has 0 amide bonds. The van der Waals surface area contributed by atoms with Gasteiger partial charge in [-0.2, -0.15) is 0 Å². The van der Waals surface area contributed by atoms with Crippen molar-refractivity contribution in [1.29, 1.82) is 0 Å². The molecule has 4 rings (SSSR count). The van der Waals surface area contributed by atoms with Crippen molar-refractivity contribution in [2.75, 3.05) is 0 Å². The van der Waals surface area contributed by atoms with E-state index in [1.807, 2.05) is 38.1 Å². The van der Waals surface area contributed by atoms with Crippen LogP contribution in [0.3, 0.4) is 0 Å². The van der Waals surface area contributed by atoms with Gasteiger partial charge >= 0.3 is 8.25 Å². The summed E-state index contributed by atoms with van der Waals surface area (Å²) in [6.07, 6.45) is 3.89. The fourth-order valence-corrected chi connectivity index (χ4v) is 5.51. The van der Waals surface area contributed by atoms with Gasteiger partial charge in [0, 0.05) is 16.4 Å². The zero-order valence-corrected chi connectivity index (χ0v) is 18.4. The van der Waals surface area contributed by atoms with Crippen LogP contribution in [0.15, 0.2) is 48.5 Å². The molecule has 2 aliphatic carbocycles. The highest BCUT2D eigenvalue weighted by molar-refractivity contribution is 7.33. The Labute approximate surface area is 179 Å². The van der Waals surface area contributed by atoms with Gasteiger partial charge in [-0.3, -0.25) is 0 Å². The summed E-state index contributed by atoms with van der Waals surface area (Å²) in [5.41, 5.74) is 2.02. The first-order chi connectivity index (χ1) is 14.4. The van der Waals surface area contributed by atoms with Gasteiger partial charge in [0.2, 0.25) is 0 Å². The average Bonchev–Trinajstić information content (AvgIpc) is 3.57. The Morgan fingerprint density at radius 2 is 1.20 bits per heavy atom. The van der Waals surface area contributed by atoms with Gasteiger partial charge in [0.05, 0.1) is 0 Å². The normalized spacial score (nSPS) is 20.9. The van der Waals surface area contributed by atoms with E-state index in [9.17, 15) is 14.8 Å². The van der Waals surface area contributed by atoms with Gasteiger partial charge in [-0.15, -0.1) is 9.05 Å². The van der Waals surface area contributed by atoms with E-state index in [1.165, 1.54) is 0 Å². The molecule has 0 bridgehead atoms. The van der Waals surface area contributed by atoms with Crippen LogP contribution in [0.25, 0.3) is 0 Å². The molecule has 2 aromatic rings. The zero-order valence-electron chi connectivity index (χ0n) is 17.5. The summed E-state index contributed by atoms with van der Waals surface area (Å²) in [5, 5.41) is 19.7. The van der Waals surface area contributed by atoms with E-state index in [2.05, 4.69) is 0 Å². The third-order valence-corrected chi connectivity index (χ3v) is 7.30. The Bertz CT molecular complexity index is 821. The third-order valence-electron chi connectivity index (χ3n) is 6.29. The van der Waals surface area contributed by atoms with Crippen LogP contribution in [0.2, 0.25) is 0 Å². The maximum Gasteiger partial charge on any atom is 0.697 e. The molecule has 2 aliphatic rings. The maximum atomic E-state index is 12.8. The summed E-state index contributed by atoms with van der Waals surface area (Å²) in [5.74, 6) is 1.60. The van der Waals surface area contributed by atoms with E-state index in [4.69, 9.17) is 9.05 Å². The Morgan fingerprint density at radius 1 is 0.800 bits per heavy atom. The van der Waals surface area contributed by atoms with Gasteiger partial charge in [0.25, 0.3) is 0 Å². The number of benzene rings is 2. The number of hydrogen-bond donors (Lipinski definition) is 2. The van der Waals surface area contributed by atoms with Crippen molar-refractivity contribution in [2.24, 2.45) is 11.8 Å². The molecule has 0 radical (unpaired) electrons. The molecular formula is C24H30O5P+. The van der Waals surface area contributed by atoms with Crippen molar-refractivity contribution < 1.29 is 23.8 Å². The van der Waals surface area contributed by atoms with E-state index in [1.54, 1.807) is 24.3 Å². The van der Waals surface area contributed by atoms with Crippen molar-refractivity contribution in [3.63, 3.8) is 0 Å². The van der Waals surface area contributed by atoms with Crippen molar-refractivity contribution >= 4 is 8.25 Å². The SMILES string of the molecule is CC(O[P+](=O)OC(C)C(c1cccc(O)c1)C1CC1)C(c1cccc(O)c1)C1CC1. The van der Waals surface area contributed by atoms with E-state index in [0.717, 1.165) is 36.8 Å². The predicted octanol–water partition coefficient (Wildman–Crippen LogP) is 6.25. The van der Waals surface area contributed by atoms with E-state index >= 15 is 0 Å². The van der Waals surface area contributed by atoms with E-state index in [0.29, 0.717) is 11.8 Å². The summed E-state index contributed by atoms with van der Waals surface area (Å²) >= 11 is 0. The van der Waals surface area contributed by atoms with E-state index in [-0.39, 0.29) is 35.5 Å². The molecule has 2 N–H and O–H groups in total. The van der Waals surface area contributed by atoms with Crippen LogP contribution in [-0.2, 0) is 13.6 Å². The molecule has 160 valence electrons. The van der Waals surface area contributed by atoms with Gasteiger partial charge in [-0.05, 0) is 86.8 Å². The first-order valence-corrected chi connectivity index (χ1v) is 11.9. The topological polar surface area (TPSA) is 76.0 Å². The fraction of sp³-hybridized carbons (Fsp3) is 0.500. The zero-order chi connectivity index (χ0) is 21.3. The monoisotopic (exact) mass is 429 g/mol. The Balaban J connectivity index is 1.41. The molecule has 0 spiro atoms. The van der Waals surface area contributed by atoms with Crippen molar-refractivity contribution in [3.05, 3.63) is 59.7 Å². The van der Waals surface area contributed by atoms with Gasteiger partial charge in [-0.25, -0.2) is 0 Å². The lowest BCUT2D eigenvalue weighted by Crippen LogP contribution is -2.21. The lowest BCUT2D eigenvalue weighted by Gasteiger charge is -2.22. The van der Waals surface area contributed by atoms with Crippen LogP contribution in [0, 0.1) is 11.8 Å². The smallest absolute Gasteiger partial charge is 0.508 e. The Hall–Kier alpha value is -1.94. The molecule has 6 heteroatoms. The summed E-state index contributed by atoms with van der Waals surface area (Å²) in [4.78, 5) is 0. The largest absolute Gasteiger partial charge is 0.697 e. The lowest BCUT2D eigenvalue weighted by molar-refractivity contribution is 0.110. The first-order valence-electron chi connectivity index (χ1n) is 10.8. The maximum absolute atomic E-state index is 12.8. The molecule has 0 aliphatic heterocycles. The molecule has 0 aromatic heterocycles. The fourth-order valence-electron chi connectivity index (χ4n) is 4.66. The number of aromatic hydroxyl groups is 2. The molecule has 5 nitrogen and oxygen atoms in total. The average molecular weight is 429 g/mol. The van der Waals surface area contributed by atoms with Crippen LogP contribution in [0.1, 0.15) is 62.5 Å². The van der Waals surface area contributed by atoms with Crippen LogP contribution >= 0.6 is 8.25 Å². The number of rotatable bonds is 10. The molecule has 30 heavy (non-hydrogen) atoms. The minimum atomic E-state index is -2.29. The number of hydrogen-bond acceptors (Lipinski definition) is 5. The Morgan fingerprint density at radius 3 is 1.53 bits per heavy atom. The Kier molecular flexibility index (Phi) is 6.43. The van der Waals surface area contributed by atoms with Crippen molar-refractivity contribution in [3.8, 4) is 11.5 Å². The highest BCUT2D eigenvalue weighted by Crippen LogP contribution is 2.50. The van der Waals surface area contributed by atoms with Crippen LogP contribution in [-0.4, -0.2) is 22.4 Å². The van der Waals surface area contributed by atoms with Gasteiger partial charge < -0.3 is 10.2 Å². The minimum absolute atomic E-state index is 0.0836. The van der Waals surface area contributed by atoms with Crippen molar-refractivity contribution in [1.82, 2.24) is 0 Å². The molecule has 2 aromatic carbocycles. The summed E-state index contributed by atoms with van der Waals surface area (Å²) in [6, 6.07) is 14.5. The van der Waals surface area contributed by atoms with Crippen molar-refractivity contribution in [2.45, 2.75) is 63.6 Å². The molecule has 2 saturated carbocycles. The molecule has 2 fully saturated rings. The summed E-state index contributed by atoms with van der Waals surface area (Å²) < 4.78 is 24.4. The lowest BCUT2D eigenvalue weighted by atomic mass is 9.89. The predicted molar refractivity (Wildman–Crippen MR) is 116 cm³/mol. The highest BCUT2D eigenvalue weighted by Gasteiger charge is 2.44. The molecule has 4 atom stereocenters. The van der Waals surface area contributed by atoms with Gasteiger partial charge in [0.1, 0.15) is 23.7 Å². The second-order valence-corrected chi connectivity index (χ2v) is 9.63. The third kappa shape index (κ3) is 5.21. The quantitative estimate of drug-likeness (QED) is 0.437. The van der Waals surface area contributed by atoms with Crippen LogP contribution in [0.4, 0.5) is 0 Å². The second kappa shape index (κ2) is 9.05. The number of phenolic OH excluding ortho intramolecular Hbond substituents is 2. The molecule has 4 unspecified atom stereocenters. The molecular weight excluding hydrogens is 399 g/mol. The van der Waals surface area contributed by atoms with Gasteiger partial charge in [-0.1, -0.05) is 24.3 Å². The minimum Gasteiger partial charge on any atom is -0.508 e. The van der Waals surface area contributed by atoms with Gasteiger partial charge in [0.15, 0.2) is 0 Å². The summed E-state index contributed by atoms with van der Waals surface area (Å²) in [7, 11) is -2.29. The standard InChI is InChI=1S/C24H29O5P/c1-15(23(17-9-10-17)19-5-3-7-21(25)13-19)28-30(27)29-16(2)24(18-11-12-18)20-6-4-8-22(26)14-20/h3-8,13-18,23-24H,9-12H2,1-2H3,(H-,25,26)/p+1. The van der Waals surface area contributed by atoms with Crippen LogP contribution < -0.4 is 0 Å². The summed E-state index contributed by atoms with van der Waals surface area (Å²) in [6.45, 7) is 3.86. The number of phenols is 2. The highest BCUT2D eigenvalue weighted by atomic mass is 31.1. The first kappa shape index (κ1) is 21.3. The van der Waals surface area contributed by atoms with E-state index < -0.39 is 8.25 Å². The molecule has 0 heterocycles.